The number of fused-ring (bicyclic) bond motifs is 7. The van der Waals surface area contributed by atoms with Crippen LogP contribution in [0.3, 0.4) is 0 Å². The molecule has 0 spiro atoms. The molecule has 0 amide bonds. The molecule has 5 rings (SSSR count). The van der Waals surface area contributed by atoms with Crippen LogP contribution in [0.1, 0.15) is 106 Å². The molecule has 5 saturated carbocycles. The lowest BCUT2D eigenvalue weighted by molar-refractivity contribution is -0.250. The average molecular weight is 499 g/mol. The van der Waals surface area contributed by atoms with Crippen LogP contribution >= 0.6 is 0 Å². The third kappa shape index (κ3) is 3.30. The first kappa shape index (κ1) is 26.3. The fourth-order valence-electron chi connectivity index (χ4n) is 12.0. The lowest BCUT2D eigenvalue weighted by Crippen LogP contribution is -2.67. The van der Waals surface area contributed by atoms with E-state index in [9.17, 15) is 9.59 Å². The normalized spacial score (nSPS) is 51.1. The van der Waals surface area contributed by atoms with Crippen LogP contribution in [-0.4, -0.2) is 25.7 Å². The molecule has 202 valence electrons. The van der Waals surface area contributed by atoms with Crippen LogP contribution in [0, 0.1) is 56.7 Å². The number of carbonyl (C=O) groups excluding carboxylic acids is 2. The summed E-state index contributed by atoms with van der Waals surface area (Å²) in [5.41, 5.74) is 2.34. The summed E-state index contributed by atoms with van der Waals surface area (Å²) in [6, 6.07) is 0. The number of allylic oxidation sites excluding steroid dienone is 1. The van der Waals surface area contributed by atoms with Crippen LogP contribution in [0.2, 0.25) is 0 Å². The smallest absolute Gasteiger partial charge is 0.293 e. The summed E-state index contributed by atoms with van der Waals surface area (Å²) in [6.07, 6.45) is 12.0. The molecule has 5 aliphatic rings. The number of hydrogen-bond acceptors (Lipinski definition) is 4. The summed E-state index contributed by atoms with van der Waals surface area (Å²) in [7, 11) is 0. The second-order valence-electron chi connectivity index (χ2n) is 15.0. The molecule has 4 heteroatoms. The molecular formula is C32H50O4. The van der Waals surface area contributed by atoms with Crippen molar-refractivity contribution < 1.29 is 19.1 Å². The number of carbonyl (C=O) groups is 2. The van der Waals surface area contributed by atoms with Gasteiger partial charge in [-0.25, -0.2) is 0 Å². The summed E-state index contributed by atoms with van der Waals surface area (Å²) in [6.45, 7) is 21.2. The van der Waals surface area contributed by atoms with E-state index in [1.807, 2.05) is 0 Å². The van der Waals surface area contributed by atoms with Crippen molar-refractivity contribution in [1.82, 2.24) is 0 Å². The van der Waals surface area contributed by atoms with Crippen LogP contribution in [-0.2, 0) is 19.1 Å². The molecule has 0 N–H and O–H groups in total. The van der Waals surface area contributed by atoms with E-state index in [0.29, 0.717) is 54.6 Å². The minimum absolute atomic E-state index is 0.0113. The SMILES string of the molecule is C=C(C)C1CCC2(COC=O)CCC3(C)C(CCC4C5(C)CCC(OC=O)C(C)(C)C5CCC43C)C12. The second kappa shape index (κ2) is 8.60. The van der Waals surface area contributed by atoms with Crippen molar-refractivity contribution >= 4 is 12.9 Å². The van der Waals surface area contributed by atoms with E-state index in [1.165, 1.54) is 56.9 Å². The van der Waals surface area contributed by atoms with Gasteiger partial charge in [-0.15, -0.1) is 0 Å². The molecule has 0 aromatic rings. The van der Waals surface area contributed by atoms with Gasteiger partial charge in [-0.05, 0) is 117 Å². The third-order valence-corrected chi connectivity index (χ3v) is 13.8. The maximum atomic E-state index is 11.3. The molecule has 0 bridgehead atoms. The molecule has 4 nitrogen and oxygen atoms in total. The Balaban J connectivity index is 1.51. The Morgan fingerprint density at radius 1 is 0.833 bits per heavy atom. The van der Waals surface area contributed by atoms with Crippen molar-refractivity contribution in [3.8, 4) is 0 Å². The highest BCUT2D eigenvalue weighted by Gasteiger charge is 2.71. The Morgan fingerprint density at radius 2 is 1.58 bits per heavy atom. The summed E-state index contributed by atoms with van der Waals surface area (Å²) >= 11 is 0. The Labute approximate surface area is 219 Å². The monoisotopic (exact) mass is 498 g/mol. The number of rotatable bonds is 6. The molecule has 0 aromatic heterocycles. The first-order valence-electron chi connectivity index (χ1n) is 14.7. The fourth-order valence-corrected chi connectivity index (χ4v) is 12.0. The van der Waals surface area contributed by atoms with Gasteiger partial charge in [0.1, 0.15) is 6.10 Å². The van der Waals surface area contributed by atoms with Gasteiger partial charge in [-0.3, -0.25) is 9.59 Å². The van der Waals surface area contributed by atoms with Gasteiger partial charge in [0.2, 0.25) is 0 Å². The van der Waals surface area contributed by atoms with E-state index in [0.717, 1.165) is 12.8 Å². The molecule has 0 saturated heterocycles. The quantitative estimate of drug-likeness (QED) is 0.284. The minimum atomic E-state index is 0.0113. The molecule has 10 unspecified atom stereocenters. The van der Waals surface area contributed by atoms with Gasteiger partial charge >= 0.3 is 0 Å². The average Bonchev–Trinajstić information content (AvgIpc) is 3.20. The van der Waals surface area contributed by atoms with E-state index < -0.39 is 0 Å². The van der Waals surface area contributed by atoms with Gasteiger partial charge in [0.05, 0.1) is 6.61 Å². The molecule has 36 heavy (non-hydrogen) atoms. The number of ether oxygens (including phenoxy) is 2. The highest BCUT2D eigenvalue weighted by molar-refractivity contribution is 5.38. The first-order valence-corrected chi connectivity index (χ1v) is 14.7. The van der Waals surface area contributed by atoms with Gasteiger partial charge in [0, 0.05) is 10.8 Å². The topological polar surface area (TPSA) is 52.6 Å². The zero-order valence-electron chi connectivity index (χ0n) is 23.7. The Bertz CT molecular complexity index is 910. The maximum Gasteiger partial charge on any atom is 0.293 e. The molecule has 5 aliphatic carbocycles. The van der Waals surface area contributed by atoms with Gasteiger partial charge in [0.25, 0.3) is 12.9 Å². The van der Waals surface area contributed by atoms with Crippen molar-refractivity contribution in [3.63, 3.8) is 0 Å². The van der Waals surface area contributed by atoms with Crippen LogP contribution in [0.4, 0.5) is 0 Å². The van der Waals surface area contributed by atoms with Crippen LogP contribution in [0.25, 0.3) is 0 Å². The van der Waals surface area contributed by atoms with E-state index in [2.05, 4.69) is 48.1 Å². The highest BCUT2D eigenvalue weighted by Crippen LogP contribution is 2.77. The standard InChI is InChI=1S/C32H50O4/c1-21(2)22-10-15-32(18-35-19-33)17-16-30(6)23(27(22)32)8-9-25-29(5)13-12-26(36-20-34)28(3,4)24(29)11-14-31(25,30)7/h19-20,22-27H,1,8-18H2,2-7H3. The molecule has 5 fully saturated rings. The zero-order chi connectivity index (χ0) is 26.1. The summed E-state index contributed by atoms with van der Waals surface area (Å²) in [5, 5.41) is 0. The second-order valence-corrected chi connectivity index (χ2v) is 15.0. The molecule has 10 atom stereocenters. The molecule has 0 heterocycles. The first-order chi connectivity index (χ1) is 16.9. The van der Waals surface area contributed by atoms with Gasteiger partial charge in [-0.1, -0.05) is 46.8 Å². The van der Waals surface area contributed by atoms with Crippen LogP contribution in [0.5, 0.6) is 0 Å². The highest BCUT2D eigenvalue weighted by atomic mass is 16.5. The van der Waals surface area contributed by atoms with E-state index in [4.69, 9.17) is 9.47 Å². The Morgan fingerprint density at radius 3 is 2.25 bits per heavy atom. The molecule has 0 radical (unpaired) electrons. The van der Waals surface area contributed by atoms with Crippen LogP contribution < -0.4 is 0 Å². The van der Waals surface area contributed by atoms with E-state index in [-0.39, 0.29) is 27.8 Å². The van der Waals surface area contributed by atoms with E-state index >= 15 is 0 Å². The van der Waals surface area contributed by atoms with E-state index in [1.54, 1.807) is 0 Å². The Hall–Kier alpha value is -1.32. The van der Waals surface area contributed by atoms with Crippen molar-refractivity contribution in [2.75, 3.05) is 6.61 Å². The van der Waals surface area contributed by atoms with Gasteiger partial charge < -0.3 is 9.47 Å². The van der Waals surface area contributed by atoms with Crippen molar-refractivity contribution in [2.24, 2.45) is 56.7 Å². The molecule has 0 aromatic carbocycles. The number of hydrogen-bond donors (Lipinski definition) is 0. The molecule has 0 aliphatic heterocycles. The summed E-state index contributed by atoms with van der Waals surface area (Å²) in [4.78, 5) is 22.5. The van der Waals surface area contributed by atoms with Crippen molar-refractivity contribution in [2.45, 2.75) is 112 Å². The zero-order valence-corrected chi connectivity index (χ0v) is 23.7. The minimum Gasteiger partial charge on any atom is -0.467 e. The Kier molecular flexibility index (Phi) is 6.28. The largest absolute Gasteiger partial charge is 0.467 e. The van der Waals surface area contributed by atoms with Crippen molar-refractivity contribution in [1.29, 1.82) is 0 Å². The third-order valence-electron chi connectivity index (χ3n) is 13.8. The lowest BCUT2D eigenvalue weighted by Gasteiger charge is -2.73. The van der Waals surface area contributed by atoms with Gasteiger partial charge in [0.15, 0.2) is 0 Å². The van der Waals surface area contributed by atoms with Gasteiger partial charge in [-0.2, -0.15) is 0 Å². The van der Waals surface area contributed by atoms with Crippen LogP contribution in [0.15, 0.2) is 12.2 Å². The predicted molar refractivity (Wildman–Crippen MR) is 142 cm³/mol. The molecular weight excluding hydrogens is 448 g/mol. The lowest BCUT2D eigenvalue weighted by atomic mass is 9.32. The summed E-state index contributed by atoms with van der Waals surface area (Å²) in [5.74, 6) is 3.07. The fraction of sp³-hybridized carbons (Fsp3) is 0.875. The summed E-state index contributed by atoms with van der Waals surface area (Å²) < 4.78 is 11.2. The predicted octanol–water partition coefficient (Wildman–Crippen LogP) is 7.36. The maximum absolute atomic E-state index is 11.3. The van der Waals surface area contributed by atoms with Crippen molar-refractivity contribution in [3.05, 3.63) is 12.2 Å².